The number of hydrogen-bond donors (Lipinski definition) is 3. The van der Waals surface area contributed by atoms with Crippen molar-refractivity contribution in [2.45, 2.75) is 420 Å². The van der Waals surface area contributed by atoms with E-state index in [4.69, 9.17) is 37.0 Å². The van der Waals surface area contributed by atoms with Gasteiger partial charge in [-0.3, -0.25) is 37.3 Å². The molecule has 0 aromatic rings. The molecule has 0 spiro atoms. The number of ether oxygens (including phenoxy) is 4. The van der Waals surface area contributed by atoms with Gasteiger partial charge in [0.25, 0.3) is 0 Å². The number of carbonyl (C=O) groups is 4. The van der Waals surface area contributed by atoms with Crippen molar-refractivity contribution in [3.05, 3.63) is 0 Å². The Labute approximate surface area is 600 Å². The fraction of sp³-hybridized carbons (Fsp3) is 0.949. The Morgan fingerprint density at radius 3 is 0.724 bits per heavy atom. The quantitative estimate of drug-likeness (QED) is 0.0222. The van der Waals surface area contributed by atoms with E-state index >= 15 is 0 Å². The summed E-state index contributed by atoms with van der Waals surface area (Å²) in [5, 5.41) is 10.6. The fourth-order valence-corrected chi connectivity index (χ4v) is 13.6. The predicted molar refractivity (Wildman–Crippen MR) is 400 cm³/mol. The second-order valence-corrected chi connectivity index (χ2v) is 32.6. The third-order valence-corrected chi connectivity index (χ3v) is 21.3. The molecular formula is C79H154O17P2. The Hall–Kier alpha value is -1.94. The Bertz CT molecular complexity index is 1930. The van der Waals surface area contributed by atoms with Crippen LogP contribution in [0.25, 0.3) is 0 Å². The standard InChI is InChI=1S/C79H154O17P2/c1-9-70(6)56-48-40-32-26-22-18-16-14-12-13-15-17-19-23-27-34-43-51-59-76(81)89-65-74(95-78(83)61-53-45-35-28-24-20-21-25-31-39-47-55-69(4)5)67-93-97(85,86)91-63-73(80)64-92-98(87,88)94-68-75(66-90-77(82)60-52-44-38-37-42-50-58-72(8)11-3)96-79(84)62-54-46-36-30-29-33-41-49-57-71(7)10-2/h69-75,80H,9-68H2,1-8H3,(H,85,86)(H,87,88)/t70?,71?,72?,73-,74-,75-/m1/s1. The first-order valence-corrected chi connectivity index (χ1v) is 43.8. The summed E-state index contributed by atoms with van der Waals surface area (Å²) >= 11 is 0. The van der Waals surface area contributed by atoms with Gasteiger partial charge in [0.05, 0.1) is 26.4 Å². The summed E-state index contributed by atoms with van der Waals surface area (Å²) in [5.74, 6) is 1.02. The van der Waals surface area contributed by atoms with Crippen LogP contribution in [0.4, 0.5) is 0 Å². The topological polar surface area (TPSA) is 237 Å². The highest BCUT2D eigenvalue weighted by Gasteiger charge is 2.30. The smallest absolute Gasteiger partial charge is 0.462 e. The Balaban J connectivity index is 5.19. The van der Waals surface area contributed by atoms with Crippen LogP contribution in [0.15, 0.2) is 0 Å². The van der Waals surface area contributed by atoms with E-state index in [0.717, 1.165) is 120 Å². The molecule has 3 N–H and O–H groups in total. The van der Waals surface area contributed by atoms with Crippen LogP contribution in [0.3, 0.4) is 0 Å². The molecule has 5 unspecified atom stereocenters. The van der Waals surface area contributed by atoms with Gasteiger partial charge >= 0.3 is 39.5 Å². The molecule has 17 nitrogen and oxygen atoms in total. The number of esters is 4. The highest BCUT2D eigenvalue weighted by molar-refractivity contribution is 7.47. The summed E-state index contributed by atoms with van der Waals surface area (Å²) in [5.41, 5.74) is 0. The van der Waals surface area contributed by atoms with E-state index in [1.54, 1.807) is 0 Å². The summed E-state index contributed by atoms with van der Waals surface area (Å²) < 4.78 is 68.6. The molecule has 0 aliphatic carbocycles. The molecule has 0 fully saturated rings. The minimum Gasteiger partial charge on any atom is -0.462 e. The third-order valence-electron chi connectivity index (χ3n) is 19.4. The van der Waals surface area contributed by atoms with Crippen molar-refractivity contribution in [1.29, 1.82) is 0 Å². The Morgan fingerprint density at radius 1 is 0.286 bits per heavy atom. The van der Waals surface area contributed by atoms with Gasteiger partial charge in [0.1, 0.15) is 19.3 Å². The van der Waals surface area contributed by atoms with Crippen molar-refractivity contribution in [2.24, 2.45) is 23.7 Å². The average Bonchev–Trinajstić information content (AvgIpc) is 1.03. The number of unbranched alkanes of at least 4 members (excludes halogenated alkanes) is 39. The molecule has 0 rings (SSSR count). The van der Waals surface area contributed by atoms with Crippen LogP contribution in [0, 0.1) is 23.7 Å². The maximum atomic E-state index is 13.1. The summed E-state index contributed by atoms with van der Waals surface area (Å²) in [4.78, 5) is 72.9. The molecule has 19 heteroatoms. The van der Waals surface area contributed by atoms with E-state index in [-0.39, 0.29) is 25.7 Å². The predicted octanol–water partition coefficient (Wildman–Crippen LogP) is 23.2. The minimum absolute atomic E-state index is 0.104. The van der Waals surface area contributed by atoms with Crippen LogP contribution in [0.2, 0.25) is 0 Å². The van der Waals surface area contributed by atoms with Crippen molar-refractivity contribution in [2.75, 3.05) is 39.6 Å². The Morgan fingerprint density at radius 2 is 0.490 bits per heavy atom. The van der Waals surface area contributed by atoms with E-state index in [2.05, 4.69) is 55.4 Å². The van der Waals surface area contributed by atoms with Crippen molar-refractivity contribution < 1.29 is 80.2 Å². The number of rotatable bonds is 76. The summed E-state index contributed by atoms with van der Waals surface area (Å²) in [6.07, 6.45) is 54.2. The molecular weight excluding hydrogens is 1280 g/mol. The van der Waals surface area contributed by atoms with Crippen LogP contribution in [0.1, 0.15) is 402 Å². The van der Waals surface area contributed by atoms with E-state index < -0.39 is 97.5 Å². The molecule has 0 radical (unpaired) electrons. The van der Waals surface area contributed by atoms with Crippen LogP contribution >= 0.6 is 15.6 Å². The number of aliphatic hydroxyl groups excluding tert-OH is 1. The highest BCUT2D eigenvalue weighted by atomic mass is 31.2. The number of hydrogen-bond acceptors (Lipinski definition) is 15. The SMILES string of the molecule is CCC(C)CCCCCCCCCCCCCCCCCCCCC(=O)OC[C@H](COP(=O)(O)OC[C@@H](O)COP(=O)(O)OC[C@@H](COC(=O)CCCCCCCCC(C)CC)OC(=O)CCCCCCCCCCC(C)CC)OC(=O)CCCCCCCCCCCCCC(C)C. The van der Waals surface area contributed by atoms with Gasteiger partial charge < -0.3 is 33.8 Å². The average molecular weight is 1440 g/mol. The first-order valence-electron chi connectivity index (χ1n) is 40.8. The van der Waals surface area contributed by atoms with Gasteiger partial charge in [0.15, 0.2) is 12.2 Å². The molecule has 0 saturated heterocycles. The van der Waals surface area contributed by atoms with E-state index in [1.807, 2.05) is 0 Å². The van der Waals surface area contributed by atoms with Crippen molar-refractivity contribution in [3.63, 3.8) is 0 Å². The van der Waals surface area contributed by atoms with Gasteiger partial charge in [0, 0.05) is 25.7 Å². The van der Waals surface area contributed by atoms with E-state index in [9.17, 15) is 43.2 Å². The summed E-state index contributed by atoms with van der Waals surface area (Å²) in [7, 11) is -9.92. The zero-order valence-electron chi connectivity index (χ0n) is 64.4. The van der Waals surface area contributed by atoms with E-state index in [0.29, 0.717) is 25.7 Å². The zero-order chi connectivity index (χ0) is 72.4. The van der Waals surface area contributed by atoms with Crippen LogP contribution in [-0.4, -0.2) is 96.7 Å². The molecule has 0 saturated carbocycles. The summed E-state index contributed by atoms with van der Waals surface area (Å²) in [6, 6.07) is 0. The molecule has 8 atom stereocenters. The van der Waals surface area contributed by atoms with Crippen LogP contribution in [0.5, 0.6) is 0 Å². The van der Waals surface area contributed by atoms with Gasteiger partial charge in [-0.1, -0.05) is 351 Å². The molecule has 582 valence electrons. The zero-order valence-corrected chi connectivity index (χ0v) is 66.2. The number of phosphoric ester groups is 2. The van der Waals surface area contributed by atoms with Gasteiger partial charge in [-0.2, -0.15) is 0 Å². The van der Waals surface area contributed by atoms with Crippen molar-refractivity contribution in [3.8, 4) is 0 Å². The number of phosphoric acid groups is 2. The molecule has 98 heavy (non-hydrogen) atoms. The van der Waals surface area contributed by atoms with Gasteiger partial charge in [-0.15, -0.1) is 0 Å². The lowest BCUT2D eigenvalue weighted by Gasteiger charge is -2.21. The molecule has 0 amide bonds. The molecule has 0 aromatic carbocycles. The number of aliphatic hydroxyl groups is 1. The van der Waals surface area contributed by atoms with Gasteiger partial charge in [-0.25, -0.2) is 9.13 Å². The lowest BCUT2D eigenvalue weighted by molar-refractivity contribution is -0.161. The largest absolute Gasteiger partial charge is 0.472 e. The molecule has 0 bridgehead atoms. The lowest BCUT2D eigenvalue weighted by Crippen LogP contribution is -2.30. The summed E-state index contributed by atoms with van der Waals surface area (Å²) in [6.45, 7) is 14.2. The third kappa shape index (κ3) is 68.5. The highest BCUT2D eigenvalue weighted by Crippen LogP contribution is 2.45. The number of carbonyl (C=O) groups excluding carboxylic acids is 4. The molecule has 0 aliphatic heterocycles. The minimum atomic E-state index is -4.96. The second-order valence-electron chi connectivity index (χ2n) is 29.7. The van der Waals surface area contributed by atoms with Crippen molar-refractivity contribution >= 4 is 39.5 Å². The van der Waals surface area contributed by atoms with E-state index in [1.165, 1.54) is 199 Å². The first kappa shape index (κ1) is 96.1. The molecule has 0 heterocycles. The molecule has 0 aromatic heterocycles. The van der Waals surface area contributed by atoms with Crippen LogP contribution in [-0.2, 0) is 65.4 Å². The Kier molecular flexibility index (Phi) is 66.8. The van der Waals surface area contributed by atoms with Gasteiger partial charge in [0.2, 0.25) is 0 Å². The lowest BCUT2D eigenvalue weighted by atomic mass is 9.99. The monoisotopic (exact) mass is 1440 g/mol. The van der Waals surface area contributed by atoms with Crippen molar-refractivity contribution in [1.82, 2.24) is 0 Å². The maximum Gasteiger partial charge on any atom is 0.472 e. The fourth-order valence-electron chi connectivity index (χ4n) is 12.0. The van der Waals surface area contributed by atoms with Gasteiger partial charge in [-0.05, 0) is 49.4 Å². The first-order chi connectivity index (χ1) is 47.2. The normalized spacial score (nSPS) is 14.9. The maximum absolute atomic E-state index is 13.1. The van der Waals surface area contributed by atoms with Crippen LogP contribution < -0.4 is 0 Å². The molecule has 0 aliphatic rings. The second kappa shape index (κ2) is 68.2.